The van der Waals surface area contributed by atoms with Gasteiger partial charge in [-0.2, -0.15) is 4.98 Å². The van der Waals surface area contributed by atoms with Crippen molar-refractivity contribution in [3.05, 3.63) is 12.5 Å². The van der Waals surface area contributed by atoms with E-state index in [1.54, 1.807) is 0 Å². The molecule has 1 fully saturated rings. The maximum atomic E-state index is 11.8. The minimum atomic E-state index is -0.234. The highest BCUT2D eigenvalue weighted by molar-refractivity contribution is 5.90. The highest BCUT2D eigenvalue weighted by atomic mass is 16.5. The van der Waals surface area contributed by atoms with Gasteiger partial charge in [-0.05, 0) is 25.2 Å². The third-order valence-electron chi connectivity index (χ3n) is 3.15. The number of nitrogens with zero attached hydrogens (tertiary/aromatic N) is 2. The second kappa shape index (κ2) is 5.66. The lowest BCUT2D eigenvalue weighted by Crippen LogP contribution is -2.36. The maximum absolute atomic E-state index is 11.8. The largest absolute Gasteiger partial charge is 0.479 e. The van der Waals surface area contributed by atoms with E-state index in [9.17, 15) is 4.79 Å². The van der Waals surface area contributed by atoms with E-state index in [1.807, 2.05) is 0 Å². The molecule has 1 aromatic rings. The van der Waals surface area contributed by atoms with Gasteiger partial charge in [-0.15, -0.1) is 0 Å². The zero-order chi connectivity index (χ0) is 13.0. The smallest absolute Gasteiger partial charge is 0.319 e. The second-order valence-corrected chi connectivity index (χ2v) is 4.66. The van der Waals surface area contributed by atoms with Crippen LogP contribution < -0.4 is 15.4 Å². The first kappa shape index (κ1) is 12.6. The molecular weight excluding hydrogens is 232 g/mol. The second-order valence-electron chi connectivity index (χ2n) is 4.66. The number of nitrogens with one attached hydrogen (secondary N) is 2. The Balaban J connectivity index is 1.91. The number of carbonyl (C=O) groups is 1. The molecule has 1 heterocycles. The molecule has 2 N–H and O–H groups in total. The van der Waals surface area contributed by atoms with Gasteiger partial charge < -0.3 is 15.4 Å². The number of carbonyl (C=O) groups excluding carboxylic acids is 1. The molecule has 2 rings (SSSR count). The molecule has 0 bridgehead atoms. The molecule has 0 saturated heterocycles. The predicted octanol–water partition coefficient (Wildman–Crippen LogP) is 1.80. The van der Waals surface area contributed by atoms with Gasteiger partial charge in [0, 0.05) is 6.04 Å². The molecule has 0 radical (unpaired) electrons. The summed E-state index contributed by atoms with van der Waals surface area (Å²) >= 11 is 0. The van der Waals surface area contributed by atoms with Crippen LogP contribution in [0.3, 0.4) is 0 Å². The van der Waals surface area contributed by atoms with Crippen LogP contribution in [0.1, 0.15) is 26.2 Å². The number of ether oxygens (including phenoxy) is 1. The first-order valence-electron chi connectivity index (χ1n) is 6.10. The van der Waals surface area contributed by atoms with Gasteiger partial charge in [-0.25, -0.2) is 9.78 Å². The van der Waals surface area contributed by atoms with E-state index in [0.29, 0.717) is 17.5 Å². The highest BCUT2D eigenvalue weighted by Crippen LogP contribution is 2.25. The third kappa shape index (κ3) is 3.09. The van der Waals surface area contributed by atoms with Crippen molar-refractivity contribution in [3.63, 3.8) is 0 Å². The van der Waals surface area contributed by atoms with Gasteiger partial charge in [0.1, 0.15) is 12.0 Å². The minimum absolute atomic E-state index is 0.234. The van der Waals surface area contributed by atoms with Gasteiger partial charge in [0.2, 0.25) is 5.88 Å². The fourth-order valence-electron chi connectivity index (χ4n) is 2.25. The number of anilines is 1. The predicted molar refractivity (Wildman–Crippen MR) is 67.5 cm³/mol. The molecule has 2 amide bonds. The Kier molecular flexibility index (Phi) is 3.96. The van der Waals surface area contributed by atoms with Crippen LogP contribution >= 0.6 is 0 Å². The Morgan fingerprint density at radius 3 is 3.00 bits per heavy atom. The monoisotopic (exact) mass is 250 g/mol. The summed E-state index contributed by atoms with van der Waals surface area (Å²) in [4.78, 5) is 19.6. The van der Waals surface area contributed by atoms with Gasteiger partial charge in [-0.1, -0.05) is 6.92 Å². The SMILES string of the molecule is COc1ncncc1NC(=O)NC1CCC(C)C1. The lowest BCUT2D eigenvalue weighted by atomic mass is 10.1. The summed E-state index contributed by atoms with van der Waals surface area (Å²) in [5.41, 5.74) is 0.476. The molecule has 6 nitrogen and oxygen atoms in total. The van der Waals surface area contributed by atoms with E-state index in [0.717, 1.165) is 12.8 Å². The Hall–Kier alpha value is -1.85. The van der Waals surface area contributed by atoms with Crippen molar-refractivity contribution in [2.45, 2.75) is 32.2 Å². The number of methoxy groups -OCH3 is 1. The van der Waals surface area contributed by atoms with E-state index in [-0.39, 0.29) is 12.1 Å². The lowest BCUT2D eigenvalue weighted by molar-refractivity contribution is 0.248. The summed E-state index contributed by atoms with van der Waals surface area (Å²) in [6, 6.07) is 0.0258. The average molecular weight is 250 g/mol. The van der Waals surface area contributed by atoms with Crippen LogP contribution in [0.5, 0.6) is 5.88 Å². The van der Waals surface area contributed by atoms with E-state index >= 15 is 0 Å². The van der Waals surface area contributed by atoms with E-state index in [4.69, 9.17) is 4.74 Å². The Morgan fingerprint density at radius 1 is 1.50 bits per heavy atom. The summed E-state index contributed by atoms with van der Waals surface area (Å²) < 4.78 is 5.04. The van der Waals surface area contributed by atoms with Crippen molar-refractivity contribution in [1.29, 1.82) is 0 Å². The van der Waals surface area contributed by atoms with Crippen molar-refractivity contribution in [2.75, 3.05) is 12.4 Å². The van der Waals surface area contributed by atoms with Crippen LogP contribution in [0, 0.1) is 5.92 Å². The highest BCUT2D eigenvalue weighted by Gasteiger charge is 2.22. The number of amides is 2. The molecule has 6 heteroatoms. The van der Waals surface area contributed by atoms with Gasteiger partial charge in [-0.3, -0.25) is 0 Å². The third-order valence-corrected chi connectivity index (χ3v) is 3.15. The minimum Gasteiger partial charge on any atom is -0.479 e. The Labute approximate surface area is 106 Å². The quantitative estimate of drug-likeness (QED) is 0.857. The Morgan fingerprint density at radius 2 is 2.33 bits per heavy atom. The zero-order valence-corrected chi connectivity index (χ0v) is 10.6. The first-order chi connectivity index (χ1) is 8.69. The van der Waals surface area contributed by atoms with Crippen molar-refractivity contribution < 1.29 is 9.53 Å². The van der Waals surface area contributed by atoms with Crippen LogP contribution in [0.4, 0.5) is 10.5 Å². The molecule has 98 valence electrons. The number of rotatable bonds is 3. The van der Waals surface area contributed by atoms with Crippen LogP contribution in [-0.2, 0) is 0 Å². The van der Waals surface area contributed by atoms with Crippen LogP contribution in [0.25, 0.3) is 0 Å². The number of hydrogen-bond donors (Lipinski definition) is 2. The summed E-state index contributed by atoms with van der Waals surface area (Å²) in [6.45, 7) is 2.20. The molecule has 0 aromatic carbocycles. The molecule has 18 heavy (non-hydrogen) atoms. The van der Waals surface area contributed by atoms with Gasteiger partial charge in [0.15, 0.2) is 0 Å². The summed E-state index contributed by atoms with van der Waals surface area (Å²) in [7, 11) is 1.50. The summed E-state index contributed by atoms with van der Waals surface area (Å²) in [5.74, 6) is 1.05. The molecule has 1 aliphatic carbocycles. The summed E-state index contributed by atoms with van der Waals surface area (Å²) in [6.07, 6.45) is 6.14. The van der Waals surface area contributed by atoms with Crippen LogP contribution in [0.2, 0.25) is 0 Å². The van der Waals surface area contributed by atoms with E-state index in [2.05, 4.69) is 27.5 Å². The fourth-order valence-corrected chi connectivity index (χ4v) is 2.25. The average Bonchev–Trinajstić information content (AvgIpc) is 2.75. The van der Waals surface area contributed by atoms with Gasteiger partial charge >= 0.3 is 6.03 Å². The molecule has 0 aliphatic heterocycles. The summed E-state index contributed by atoms with van der Waals surface area (Å²) in [5, 5.41) is 5.65. The molecular formula is C12H18N4O2. The topological polar surface area (TPSA) is 76.1 Å². The zero-order valence-electron chi connectivity index (χ0n) is 10.6. The van der Waals surface area contributed by atoms with Crippen LogP contribution in [0.15, 0.2) is 12.5 Å². The maximum Gasteiger partial charge on any atom is 0.319 e. The lowest BCUT2D eigenvalue weighted by Gasteiger charge is -2.14. The Bertz CT molecular complexity index is 424. The van der Waals surface area contributed by atoms with Crippen molar-refractivity contribution in [3.8, 4) is 5.88 Å². The molecule has 0 spiro atoms. The first-order valence-corrected chi connectivity index (χ1v) is 6.10. The molecule has 2 atom stereocenters. The van der Waals surface area contributed by atoms with Crippen molar-refractivity contribution >= 4 is 11.7 Å². The molecule has 1 saturated carbocycles. The normalized spacial score (nSPS) is 22.6. The fraction of sp³-hybridized carbons (Fsp3) is 0.583. The molecule has 1 aromatic heterocycles. The standard InChI is InChI=1S/C12H18N4O2/c1-8-3-4-9(5-8)15-12(17)16-10-6-13-7-14-11(10)18-2/h6-9H,3-5H2,1-2H3,(H2,15,16,17). The number of aromatic nitrogens is 2. The van der Waals surface area contributed by atoms with Gasteiger partial charge in [0.05, 0.1) is 13.3 Å². The number of hydrogen-bond acceptors (Lipinski definition) is 4. The van der Waals surface area contributed by atoms with Gasteiger partial charge in [0.25, 0.3) is 0 Å². The van der Waals surface area contributed by atoms with Crippen LogP contribution in [-0.4, -0.2) is 29.2 Å². The number of urea groups is 1. The molecule has 2 unspecified atom stereocenters. The van der Waals surface area contributed by atoms with Crippen molar-refractivity contribution in [2.24, 2.45) is 5.92 Å². The van der Waals surface area contributed by atoms with E-state index in [1.165, 1.54) is 26.1 Å². The molecule has 1 aliphatic rings. The van der Waals surface area contributed by atoms with Crippen molar-refractivity contribution in [1.82, 2.24) is 15.3 Å². The van der Waals surface area contributed by atoms with E-state index < -0.39 is 0 Å².